The molecule has 2 rings (SSSR count). The molecule has 1 aromatic heterocycles. The number of rotatable bonds is 5. The molecular formula is C14H13NO5S. The number of anilines is 1. The highest BCUT2D eigenvalue weighted by Gasteiger charge is 2.18. The molecule has 0 spiro atoms. The van der Waals surface area contributed by atoms with Crippen molar-refractivity contribution in [2.75, 3.05) is 19.5 Å². The van der Waals surface area contributed by atoms with Crippen molar-refractivity contribution in [2.45, 2.75) is 0 Å². The highest BCUT2D eigenvalue weighted by Crippen LogP contribution is 2.33. The lowest BCUT2D eigenvalue weighted by atomic mass is 10.1. The molecule has 0 atom stereocenters. The summed E-state index contributed by atoms with van der Waals surface area (Å²) >= 11 is 1.27. The van der Waals surface area contributed by atoms with Gasteiger partial charge in [-0.2, -0.15) is 0 Å². The predicted octanol–water partition coefficient (Wildman–Crippen LogP) is 2.72. The molecule has 0 radical (unpaired) electrons. The van der Waals surface area contributed by atoms with E-state index in [0.29, 0.717) is 10.6 Å². The Labute approximate surface area is 124 Å². The fourth-order valence-electron chi connectivity index (χ4n) is 1.75. The smallest absolute Gasteiger partial charge is 0.337 e. The largest absolute Gasteiger partial charge is 0.493 e. The lowest BCUT2D eigenvalue weighted by Gasteiger charge is -2.13. The molecule has 6 nitrogen and oxygen atoms in total. The Morgan fingerprint density at radius 2 is 1.86 bits per heavy atom. The van der Waals surface area contributed by atoms with Crippen molar-refractivity contribution in [3.05, 3.63) is 40.1 Å². The molecule has 2 aromatic rings. The highest BCUT2D eigenvalue weighted by molar-refractivity contribution is 7.12. The summed E-state index contributed by atoms with van der Waals surface area (Å²) in [7, 11) is 2.84. The zero-order valence-corrected chi connectivity index (χ0v) is 12.2. The van der Waals surface area contributed by atoms with Crippen LogP contribution in [0.15, 0.2) is 29.6 Å². The van der Waals surface area contributed by atoms with Crippen LogP contribution in [0, 0.1) is 0 Å². The van der Waals surface area contributed by atoms with E-state index in [1.165, 1.54) is 37.7 Å². The number of benzene rings is 1. The Kier molecular flexibility index (Phi) is 4.44. The fraction of sp³-hybridized carbons (Fsp3) is 0.143. The summed E-state index contributed by atoms with van der Waals surface area (Å²) in [6.07, 6.45) is 0. The molecule has 21 heavy (non-hydrogen) atoms. The Bertz CT molecular complexity index is 666. The van der Waals surface area contributed by atoms with Crippen LogP contribution >= 0.6 is 11.3 Å². The Morgan fingerprint density at radius 1 is 1.19 bits per heavy atom. The number of methoxy groups -OCH3 is 2. The minimum atomic E-state index is -1.17. The van der Waals surface area contributed by atoms with Crippen molar-refractivity contribution in [1.29, 1.82) is 0 Å². The maximum absolute atomic E-state index is 12.0. The maximum atomic E-state index is 12.0. The van der Waals surface area contributed by atoms with Crippen LogP contribution in [0.25, 0.3) is 0 Å². The number of carbonyl (C=O) groups is 2. The van der Waals surface area contributed by atoms with E-state index in [1.54, 1.807) is 17.5 Å². The quantitative estimate of drug-likeness (QED) is 0.887. The summed E-state index contributed by atoms with van der Waals surface area (Å²) in [4.78, 5) is 23.8. The molecule has 110 valence electrons. The number of hydrogen-bond donors (Lipinski definition) is 2. The first-order chi connectivity index (χ1) is 10.1. The zero-order chi connectivity index (χ0) is 15.4. The summed E-state index contributed by atoms with van der Waals surface area (Å²) in [6.45, 7) is 0. The first-order valence-corrected chi connectivity index (χ1v) is 6.79. The van der Waals surface area contributed by atoms with Gasteiger partial charge in [-0.25, -0.2) is 4.79 Å². The minimum absolute atomic E-state index is 0.0717. The van der Waals surface area contributed by atoms with Crippen molar-refractivity contribution in [3.8, 4) is 11.5 Å². The molecule has 0 saturated heterocycles. The van der Waals surface area contributed by atoms with Crippen molar-refractivity contribution >= 4 is 28.9 Å². The SMILES string of the molecule is COc1cc(NC(=O)c2cccs2)c(C(=O)O)cc1OC. The van der Waals surface area contributed by atoms with Crippen LogP contribution in [-0.4, -0.2) is 31.2 Å². The molecule has 0 aliphatic rings. The number of aromatic carboxylic acids is 1. The van der Waals surface area contributed by atoms with E-state index in [2.05, 4.69) is 5.32 Å². The van der Waals surface area contributed by atoms with Crippen LogP contribution < -0.4 is 14.8 Å². The second-order valence-electron chi connectivity index (χ2n) is 3.99. The molecule has 0 aliphatic carbocycles. The molecule has 0 unspecified atom stereocenters. The van der Waals surface area contributed by atoms with E-state index < -0.39 is 5.97 Å². The average molecular weight is 307 g/mol. The second-order valence-corrected chi connectivity index (χ2v) is 4.94. The summed E-state index contributed by atoms with van der Waals surface area (Å²) in [6, 6.07) is 6.13. The zero-order valence-electron chi connectivity index (χ0n) is 11.4. The Hall–Kier alpha value is -2.54. The van der Waals surface area contributed by atoms with Gasteiger partial charge in [-0.1, -0.05) is 6.07 Å². The Balaban J connectivity index is 2.41. The first kappa shape index (κ1) is 14.9. The number of carbonyl (C=O) groups excluding carboxylic acids is 1. The molecule has 0 bridgehead atoms. The van der Waals surface area contributed by atoms with E-state index in [1.807, 2.05) is 0 Å². The third kappa shape index (κ3) is 3.14. The van der Waals surface area contributed by atoms with Crippen molar-refractivity contribution < 1.29 is 24.2 Å². The van der Waals surface area contributed by atoms with Crippen LogP contribution in [0.5, 0.6) is 11.5 Å². The lowest BCUT2D eigenvalue weighted by Crippen LogP contribution is -2.14. The van der Waals surface area contributed by atoms with Crippen molar-refractivity contribution in [2.24, 2.45) is 0 Å². The van der Waals surface area contributed by atoms with E-state index >= 15 is 0 Å². The van der Waals surface area contributed by atoms with Gasteiger partial charge in [0, 0.05) is 12.1 Å². The van der Waals surface area contributed by atoms with Gasteiger partial charge in [0.15, 0.2) is 11.5 Å². The first-order valence-electron chi connectivity index (χ1n) is 5.91. The summed E-state index contributed by atoms with van der Waals surface area (Å²) in [5.41, 5.74) is 0.0797. The molecular weight excluding hydrogens is 294 g/mol. The minimum Gasteiger partial charge on any atom is -0.493 e. The van der Waals surface area contributed by atoms with Crippen LogP contribution in [0.1, 0.15) is 20.0 Å². The Morgan fingerprint density at radius 3 is 2.38 bits per heavy atom. The molecule has 1 heterocycles. The van der Waals surface area contributed by atoms with Gasteiger partial charge in [0.2, 0.25) is 0 Å². The number of carboxylic acids is 1. The van der Waals surface area contributed by atoms with Gasteiger partial charge in [0.1, 0.15) is 0 Å². The topological polar surface area (TPSA) is 84.9 Å². The van der Waals surface area contributed by atoms with Crippen molar-refractivity contribution in [1.82, 2.24) is 0 Å². The molecule has 1 aromatic carbocycles. The van der Waals surface area contributed by atoms with E-state index in [9.17, 15) is 14.7 Å². The predicted molar refractivity (Wildman–Crippen MR) is 78.8 cm³/mol. The highest BCUT2D eigenvalue weighted by atomic mass is 32.1. The van der Waals surface area contributed by atoms with E-state index in [4.69, 9.17) is 9.47 Å². The third-order valence-corrected chi connectivity index (χ3v) is 3.62. The third-order valence-electron chi connectivity index (χ3n) is 2.75. The number of amides is 1. The van der Waals surface area contributed by atoms with Crippen LogP contribution in [0.3, 0.4) is 0 Å². The van der Waals surface area contributed by atoms with Gasteiger partial charge < -0.3 is 19.9 Å². The standard InChI is InChI=1S/C14H13NO5S/c1-19-10-6-8(14(17)18)9(7-11(10)20-2)15-13(16)12-4-3-5-21-12/h3-7H,1-2H3,(H,15,16)(H,17,18). The van der Waals surface area contributed by atoms with Crippen molar-refractivity contribution in [3.63, 3.8) is 0 Å². The molecule has 0 aliphatic heterocycles. The van der Waals surface area contributed by atoms with Crippen LogP contribution in [0.4, 0.5) is 5.69 Å². The van der Waals surface area contributed by atoms with Gasteiger partial charge in [0.25, 0.3) is 5.91 Å². The van der Waals surface area contributed by atoms with Gasteiger partial charge in [0.05, 0.1) is 30.3 Å². The lowest BCUT2D eigenvalue weighted by molar-refractivity contribution is 0.0697. The molecule has 0 fully saturated rings. The maximum Gasteiger partial charge on any atom is 0.337 e. The van der Waals surface area contributed by atoms with Gasteiger partial charge in [-0.15, -0.1) is 11.3 Å². The van der Waals surface area contributed by atoms with Gasteiger partial charge in [-0.05, 0) is 11.4 Å². The number of thiophene rings is 1. The molecule has 1 amide bonds. The number of ether oxygens (including phenoxy) is 2. The molecule has 0 saturated carbocycles. The van der Waals surface area contributed by atoms with Gasteiger partial charge in [-0.3, -0.25) is 4.79 Å². The van der Waals surface area contributed by atoms with E-state index in [0.717, 1.165) is 0 Å². The summed E-state index contributed by atoms with van der Waals surface area (Å²) < 4.78 is 10.2. The molecule has 7 heteroatoms. The monoisotopic (exact) mass is 307 g/mol. The number of nitrogens with one attached hydrogen (secondary N) is 1. The summed E-state index contributed by atoms with van der Waals surface area (Å²) in [5.74, 6) is -0.926. The fourth-order valence-corrected chi connectivity index (χ4v) is 2.37. The molecule has 2 N–H and O–H groups in total. The average Bonchev–Trinajstić information content (AvgIpc) is 3.00. The van der Waals surface area contributed by atoms with Gasteiger partial charge >= 0.3 is 5.97 Å². The number of hydrogen-bond acceptors (Lipinski definition) is 5. The second kappa shape index (κ2) is 6.27. The van der Waals surface area contributed by atoms with Crippen LogP contribution in [0.2, 0.25) is 0 Å². The van der Waals surface area contributed by atoms with Crippen LogP contribution in [-0.2, 0) is 0 Å². The normalized spacial score (nSPS) is 10.0. The van der Waals surface area contributed by atoms with E-state index in [-0.39, 0.29) is 22.9 Å². The number of carboxylic acid groups (broad SMARTS) is 1. The summed E-state index contributed by atoms with van der Waals surface area (Å²) in [5, 5.41) is 13.6.